The number of amides is 1. The Labute approximate surface area is 176 Å². The van der Waals surface area contributed by atoms with Gasteiger partial charge in [0.05, 0.1) is 18.1 Å². The van der Waals surface area contributed by atoms with E-state index in [1.807, 2.05) is 4.90 Å². The Bertz CT molecular complexity index is 1050. The summed E-state index contributed by atoms with van der Waals surface area (Å²) in [5, 5.41) is 0. The third-order valence-corrected chi connectivity index (χ3v) is 7.48. The first-order valence-corrected chi connectivity index (χ1v) is 11.8. The Hall–Kier alpha value is -2.74. The second-order valence-electron chi connectivity index (χ2n) is 8.02. The molecule has 2 aromatic rings. The SMILES string of the molecule is O=C(c1ccc(NS(=O)(=O)c2ccc3c(c2)OCCCO3)cc1)N1C2CCC1CC2. The topological polar surface area (TPSA) is 84.9 Å². The molecule has 0 atom stereocenters. The minimum Gasteiger partial charge on any atom is -0.490 e. The molecule has 2 fully saturated rings. The smallest absolute Gasteiger partial charge is 0.262 e. The summed E-state index contributed by atoms with van der Waals surface area (Å²) in [6.07, 6.45) is 5.10. The molecule has 1 N–H and O–H groups in total. The van der Waals surface area contributed by atoms with E-state index in [1.54, 1.807) is 30.3 Å². The second-order valence-corrected chi connectivity index (χ2v) is 9.70. The van der Waals surface area contributed by atoms with E-state index in [4.69, 9.17) is 9.47 Å². The molecule has 0 saturated carbocycles. The van der Waals surface area contributed by atoms with Crippen molar-refractivity contribution in [3.05, 3.63) is 48.0 Å². The van der Waals surface area contributed by atoms with Gasteiger partial charge in [-0.3, -0.25) is 9.52 Å². The maximum Gasteiger partial charge on any atom is 0.262 e. The Morgan fingerprint density at radius 3 is 2.20 bits per heavy atom. The Morgan fingerprint density at radius 1 is 0.900 bits per heavy atom. The van der Waals surface area contributed by atoms with Crippen molar-refractivity contribution in [3.63, 3.8) is 0 Å². The molecule has 158 valence electrons. The van der Waals surface area contributed by atoms with Gasteiger partial charge in [0.15, 0.2) is 11.5 Å². The van der Waals surface area contributed by atoms with Crippen LogP contribution in [-0.2, 0) is 10.0 Å². The second kappa shape index (κ2) is 7.50. The largest absolute Gasteiger partial charge is 0.490 e. The molecule has 5 rings (SSSR count). The summed E-state index contributed by atoms with van der Waals surface area (Å²) in [4.78, 5) is 15.0. The number of benzene rings is 2. The van der Waals surface area contributed by atoms with Crippen molar-refractivity contribution >= 4 is 21.6 Å². The molecule has 0 radical (unpaired) electrons. The fourth-order valence-corrected chi connectivity index (χ4v) is 5.67. The molecule has 8 heteroatoms. The van der Waals surface area contributed by atoms with E-state index in [1.165, 1.54) is 12.1 Å². The van der Waals surface area contributed by atoms with E-state index in [2.05, 4.69) is 4.72 Å². The van der Waals surface area contributed by atoms with Gasteiger partial charge in [-0.25, -0.2) is 8.42 Å². The number of carbonyl (C=O) groups excluding carboxylic acids is 1. The molecule has 2 aromatic carbocycles. The highest BCUT2D eigenvalue weighted by Crippen LogP contribution is 2.38. The monoisotopic (exact) mass is 428 g/mol. The number of hydrogen-bond acceptors (Lipinski definition) is 5. The number of carbonyl (C=O) groups is 1. The van der Waals surface area contributed by atoms with Crippen LogP contribution in [0.1, 0.15) is 42.5 Å². The summed E-state index contributed by atoms with van der Waals surface area (Å²) >= 11 is 0. The van der Waals surface area contributed by atoms with Crippen LogP contribution < -0.4 is 14.2 Å². The van der Waals surface area contributed by atoms with Crippen LogP contribution in [0, 0.1) is 0 Å². The lowest BCUT2D eigenvalue weighted by Gasteiger charge is -2.22. The number of anilines is 1. The number of rotatable bonds is 4. The normalized spacial score (nSPS) is 22.6. The summed E-state index contributed by atoms with van der Waals surface area (Å²) in [5.41, 5.74) is 0.996. The van der Waals surface area contributed by atoms with Crippen LogP contribution >= 0.6 is 0 Å². The predicted octanol–water partition coefficient (Wildman–Crippen LogP) is 3.42. The summed E-state index contributed by atoms with van der Waals surface area (Å²) in [6, 6.07) is 11.9. The van der Waals surface area contributed by atoms with Crippen LogP contribution in [0.25, 0.3) is 0 Å². The van der Waals surface area contributed by atoms with Crippen LogP contribution in [0.3, 0.4) is 0 Å². The minimum atomic E-state index is -3.80. The van der Waals surface area contributed by atoms with Gasteiger partial charge in [-0.15, -0.1) is 0 Å². The summed E-state index contributed by atoms with van der Waals surface area (Å²) in [7, 11) is -3.80. The molecule has 30 heavy (non-hydrogen) atoms. The van der Waals surface area contributed by atoms with E-state index in [0.717, 1.165) is 32.1 Å². The van der Waals surface area contributed by atoms with Crippen LogP contribution in [0.4, 0.5) is 5.69 Å². The van der Waals surface area contributed by atoms with Gasteiger partial charge in [0.1, 0.15) is 0 Å². The van der Waals surface area contributed by atoms with Gasteiger partial charge < -0.3 is 14.4 Å². The molecular formula is C22H24N2O5S. The van der Waals surface area contributed by atoms with E-state index in [-0.39, 0.29) is 10.8 Å². The zero-order valence-electron chi connectivity index (χ0n) is 16.5. The lowest BCUT2D eigenvalue weighted by Crippen LogP contribution is -2.35. The van der Waals surface area contributed by atoms with Crippen molar-refractivity contribution in [2.45, 2.75) is 49.1 Å². The van der Waals surface area contributed by atoms with Gasteiger partial charge in [-0.05, 0) is 62.1 Å². The van der Waals surface area contributed by atoms with Crippen molar-refractivity contribution in [2.24, 2.45) is 0 Å². The van der Waals surface area contributed by atoms with Gasteiger partial charge >= 0.3 is 0 Å². The number of nitrogens with one attached hydrogen (secondary N) is 1. The van der Waals surface area contributed by atoms with Crippen LogP contribution in [-0.4, -0.2) is 44.5 Å². The van der Waals surface area contributed by atoms with Gasteiger partial charge in [0.25, 0.3) is 15.9 Å². The molecule has 3 aliphatic heterocycles. The zero-order valence-corrected chi connectivity index (χ0v) is 17.4. The standard InChI is InChI=1S/C22H24N2O5S/c25-22(24-17-6-7-18(24)9-8-17)15-2-4-16(5-3-15)23-30(26,27)19-10-11-20-21(14-19)29-13-1-12-28-20/h2-5,10-11,14,17-18,23H,1,6-9,12-13H2. The molecular weight excluding hydrogens is 404 g/mol. The van der Waals surface area contributed by atoms with Crippen molar-refractivity contribution in [1.29, 1.82) is 0 Å². The van der Waals surface area contributed by atoms with Gasteiger partial charge in [-0.2, -0.15) is 0 Å². The Morgan fingerprint density at radius 2 is 1.53 bits per heavy atom. The lowest BCUT2D eigenvalue weighted by atomic mass is 10.0. The Kier molecular flexibility index (Phi) is 4.81. The molecule has 0 unspecified atom stereocenters. The van der Waals surface area contributed by atoms with Crippen molar-refractivity contribution in [3.8, 4) is 11.5 Å². The average molecular weight is 429 g/mol. The van der Waals surface area contributed by atoms with Crippen LogP contribution in [0.2, 0.25) is 0 Å². The minimum absolute atomic E-state index is 0.0392. The first kappa shape index (κ1) is 19.2. The highest BCUT2D eigenvalue weighted by Gasteiger charge is 2.42. The lowest BCUT2D eigenvalue weighted by molar-refractivity contribution is 0.0730. The van der Waals surface area contributed by atoms with Gasteiger partial charge in [0.2, 0.25) is 0 Å². The summed E-state index contributed by atoms with van der Waals surface area (Å²) in [6.45, 7) is 1.03. The maximum absolute atomic E-state index is 12.9. The van der Waals surface area contributed by atoms with Gasteiger partial charge in [-0.1, -0.05) is 0 Å². The van der Waals surface area contributed by atoms with E-state index >= 15 is 0 Å². The zero-order chi connectivity index (χ0) is 20.7. The quantitative estimate of drug-likeness (QED) is 0.807. The fraction of sp³-hybridized carbons (Fsp3) is 0.409. The van der Waals surface area contributed by atoms with Crippen LogP contribution in [0.15, 0.2) is 47.4 Å². The first-order valence-electron chi connectivity index (χ1n) is 10.4. The van der Waals surface area contributed by atoms with E-state index in [9.17, 15) is 13.2 Å². The fourth-order valence-electron chi connectivity index (χ4n) is 4.60. The molecule has 0 aromatic heterocycles. The molecule has 2 bridgehead atoms. The molecule has 1 amide bonds. The highest BCUT2D eigenvalue weighted by molar-refractivity contribution is 7.92. The number of nitrogens with zero attached hydrogens (tertiary/aromatic N) is 1. The molecule has 3 heterocycles. The summed E-state index contributed by atoms with van der Waals surface area (Å²) < 4.78 is 39.3. The predicted molar refractivity (Wildman–Crippen MR) is 112 cm³/mol. The van der Waals surface area contributed by atoms with E-state index in [0.29, 0.717) is 48.0 Å². The number of ether oxygens (including phenoxy) is 2. The summed E-state index contributed by atoms with van der Waals surface area (Å²) in [5.74, 6) is 1.01. The van der Waals surface area contributed by atoms with Crippen molar-refractivity contribution < 1.29 is 22.7 Å². The van der Waals surface area contributed by atoms with Crippen molar-refractivity contribution in [1.82, 2.24) is 4.90 Å². The highest BCUT2D eigenvalue weighted by atomic mass is 32.2. The number of sulfonamides is 1. The van der Waals surface area contributed by atoms with E-state index < -0.39 is 10.0 Å². The third-order valence-electron chi connectivity index (χ3n) is 6.10. The molecule has 3 aliphatic rings. The van der Waals surface area contributed by atoms with Gasteiger partial charge in [0, 0.05) is 35.8 Å². The average Bonchev–Trinajstić information content (AvgIpc) is 3.25. The third kappa shape index (κ3) is 3.49. The number of hydrogen-bond donors (Lipinski definition) is 1. The number of fused-ring (bicyclic) bond motifs is 3. The van der Waals surface area contributed by atoms with Crippen molar-refractivity contribution in [2.75, 3.05) is 17.9 Å². The van der Waals surface area contributed by atoms with Crippen LogP contribution in [0.5, 0.6) is 11.5 Å². The molecule has 0 aliphatic carbocycles. The first-order chi connectivity index (χ1) is 14.5. The molecule has 0 spiro atoms. The maximum atomic E-state index is 12.9. The molecule has 7 nitrogen and oxygen atoms in total. The Balaban J connectivity index is 1.32. The molecule has 2 saturated heterocycles.